The lowest BCUT2D eigenvalue weighted by Gasteiger charge is -2.33. The van der Waals surface area contributed by atoms with Crippen LogP contribution in [0, 0.1) is 5.92 Å². The first-order chi connectivity index (χ1) is 11.1. The van der Waals surface area contributed by atoms with E-state index in [-0.39, 0.29) is 5.91 Å². The average molecular weight is 317 g/mol. The maximum absolute atomic E-state index is 12.7. The molecule has 0 aliphatic heterocycles. The molecule has 2 rings (SSSR count). The van der Waals surface area contributed by atoms with Gasteiger partial charge in [-0.25, -0.2) is 0 Å². The summed E-state index contributed by atoms with van der Waals surface area (Å²) in [6.45, 7) is 6.32. The molecule has 1 aromatic carbocycles. The number of ether oxygens (including phenoxy) is 2. The summed E-state index contributed by atoms with van der Waals surface area (Å²) in [5.41, 5.74) is 0.633. The molecule has 1 fully saturated rings. The number of carbonyl (C=O) groups excluding carboxylic acids is 1. The molecule has 0 radical (unpaired) electrons. The van der Waals surface area contributed by atoms with E-state index in [1.807, 2.05) is 11.9 Å². The minimum Gasteiger partial charge on any atom is -0.493 e. The topological polar surface area (TPSA) is 38.8 Å². The normalized spacial score (nSPS) is 20.7. The van der Waals surface area contributed by atoms with E-state index >= 15 is 0 Å². The zero-order chi connectivity index (χ0) is 16.8. The minimum absolute atomic E-state index is 0.0399. The largest absolute Gasteiger partial charge is 0.493 e. The van der Waals surface area contributed by atoms with Crippen LogP contribution in [-0.4, -0.2) is 37.6 Å². The van der Waals surface area contributed by atoms with E-state index in [1.165, 1.54) is 12.8 Å². The first-order valence-electron chi connectivity index (χ1n) is 8.25. The highest BCUT2D eigenvalue weighted by molar-refractivity contribution is 5.95. The highest BCUT2D eigenvalue weighted by Crippen LogP contribution is 2.30. The number of nitrogens with zero attached hydrogens (tertiary/aromatic N) is 1. The lowest BCUT2D eigenvalue weighted by atomic mass is 9.86. The van der Waals surface area contributed by atoms with Crippen LogP contribution in [0.5, 0.6) is 11.5 Å². The van der Waals surface area contributed by atoms with E-state index in [4.69, 9.17) is 9.47 Å². The van der Waals surface area contributed by atoms with Crippen molar-refractivity contribution in [1.29, 1.82) is 0 Å². The monoisotopic (exact) mass is 317 g/mol. The second-order valence-electron chi connectivity index (χ2n) is 6.30. The number of methoxy groups -OCH3 is 1. The standard InChI is InChI=1S/C19H27NO3/c1-5-12-23-17-11-8-15(13-18(17)22-4)19(21)20(3)16-9-6-14(2)7-10-16/h5,8,11,13-14,16H,1,6-7,9-10,12H2,2-4H3. The summed E-state index contributed by atoms with van der Waals surface area (Å²) in [5.74, 6) is 2.01. The number of hydrogen-bond acceptors (Lipinski definition) is 3. The van der Waals surface area contributed by atoms with Gasteiger partial charge < -0.3 is 14.4 Å². The Hall–Kier alpha value is -1.97. The van der Waals surface area contributed by atoms with Gasteiger partial charge in [-0.3, -0.25) is 4.79 Å². The van der Waals surface area contributed by atoms with E-state index < -0.39 is 0 Å². The first-order valence-corrected chi connectivity index (χ1v) is 8.25. The molecule has 4 nitrogen and oxygen atoms in total. The fourth-order valence-electron chi connectivity index (χ4n) is 3.07. The Morgan fingerprint density at radius 1 is 1.30 bits per heavy atom. The molecule has 1 amide bonds. The van der Waals surface area contributed by atoms with Crippen LogP contribution in [0.4, 0.5) is 0 Å². The third-order valence-electron chi connectivity index (χ3n) is 4.62. The van der Waals surface area contributed by atoms with Gasteiger partial charge in [0.1, 0.15) is 6.61 Å². The van der Waals surface area contributed by atoms with Crippen LogP contribution in [0.15, 0.2) is 30.9 Å². The number of amides is 1. The van der Waals surface area contributed by atoms with Gasteiger partial charge >= 0.3 is 0 Å². The smallest absolute Gasteiger partial charge is 0.253 e. The molecule has 0 bridgehead atoms. The zero-order valence-electron chi connectivity index (χ0n) is 14.4. The van der Waals surface area contributed by atoms with Crippen LogP contribution in [0.1, 0.15) is 43.0 Å². The molecule has 0 saturated heterocycles. The second kappa shape index (κ2) is 8.04. The van der Waals surface area contributed by atoms with Crippen molar-refractivity contribution in [2.45, 2.75) is 38.6 Å². The van der Waals surface area contributed by atoms with Gasteiger partial charge in [-0.2, -0.15) is 0 Å². The van der Waals surface area contributed by atoms with E-state index in [2.05, 4.69) is 13.5 Å². The minimum atomic E-state index is 0.0399. The fourth-order valence-corrected chi connectivity index (χ4v) is 3.07. The van der Waals surface area contributed by atoms with Gasteiger partial charge in [0.25, 0.3) is 5.91 Å². The van der Waals surface area contributed by atoms with E-state index in [9.17, 15) is 4.79 Å². The zero-order valence-corrected chi connectivity index (χ0v) is 14.4. The van der Waals surface area contributed by atoms with Crippen molar-refractivity contribution in [2.75, 3.05) is 20.8 Å². The van der Waals surface area contributed by atoms with Crippen molar-refractivity contribution in [3.8, 4) is 11.5 Å². The molecule has 0 heterocycles. The highest BCUT2D eigenvalue weighted by atomic mass is 16.5. The van der Waals surface area contributed by atoms with Crippen molar-refractivity contribution in [3.63, 3.8) is 0 Å². The summed E-state index contributed by atoms with van der Waals surface area (Å²) in [4.78, 5) is 14.6. The van der Waals surface area contributed by atoms with Gasteiger partial charge in [0.05, 0.1) is 7.11 Å². The molecule has 0 atom stereocenters. The van der Waals surface area contributed by atoms with Crippen molar-refractivity contribution < 1.29 is 14.3 Å². The van der Waals surface area contributed by atoms with Gasteiger partial charge in [-0.1, -0.05) is 19.6 Å². The molecule has 0 aromatic heterocycles. The molecular weight excluding hydrogens is 290 g/mol. The van der Waals surface area contributed by atoms with Crippen molar-refractivity contribution in [1.82, 2.24) is 4.90 Å². The third kappa shape index (κ3) is 4.27. The van der Waals surface area contributed by atoms with Crippen LogP contribution in [0.3, 0.4) is 0 Å². The summed E-state index contributed by atoms with van der Waals surface area (Å²) < 4.78 is 10.9. The average Bonchev–Trinajstić information content (AvgIpc) is 2.59. The predicted molar refractivity (Wildman–Crippen MR) is 92.2 cm³/mol. The second-order valence-corrected chi connectivity index (χ2v) is 6.30. The van der Waals surface area contributed by atoms with Crippen molar-refractivity contribution in [3.05, 3.63) is 36.4 Å². The number of benzene rings is 1. The molecule has 0 unspecified atom stereocenters. The van der Waals surface area contributed by atoms with Gasteiger partial charge in [0, 0.05) is 18.7 Å². The predicted octanol–water partition coefficient (Wildman–Crippen LogP) is 3.91. The molecule has 1 aliphatic rings. The highest BCUT2D eigenvalue weighted by Gasteiger charge is 2.26. The van der Waals surface area contributed by atoms with Crippen LogP contribution < -0.4 is 9.47 Å². The van der Waals surface area contributed by atoms with Crippen LogP contribution in [0.25, 0.3) is 0 Å². The summed E-state index contributed by atoms with van der Waals surface area (Å²) in [5, 5.41) is 0. The quantitative estimate of drug-likeness (QED) is 0.747. The van der Waals surface area contributed by atoms with Gasteiger partial charge in [-0.15, -0.1) is 0 Å². The maximum Gasteiger partial charge on any atom is 0.253 e. The molecule has 23 heavy (non-hydrogen) atoms. The van der Waals surface area contributed by atoms with Crippen LogP contribution in [0.2, 0.25) is 0 Å². The van der Waals surface area contributed by atoms with Gasteiger partial charge in [0.15, 0.2) is 11.5 Å². The lowest BCUT2D eigenvalue weighted by Crippen LogP contribution is -2.39. The molecule has 0 N–H and O–H groups in total. The molecule has 1 aromatic rings. The molecule has 1 saturated carbocycles. The molecule has 1 aliphatic carbocycles. The first kappa shape index (κ1) is 17.4. The fraction of sp³-hybridized carbons (Fsp3) is 0.526. The van der Waals surface area contributed by atoms with E-state index in [0.29, 0.717) is 29.7 Å². The Morgan fingerprint density at radius 2 is 2.00 bits per heavy atom. The van der Waals surface area contributed by atoms with E-state index in [1.54, 1.807) is 31.4 Å². The van der Waals surface area contributed by atoms with Crippen molar-refractivity contribution in [2.24, 2.45) is 5.92 Å². The van der Waals surface area contributed by atoms with Gasteiger partial charge in [-0.05, 0) is 49.8 Å². The number of carbonyl (C=O) groups is 1. The molecule has 0 spiro atoms. The molecular formula is C19H27NO3. The summed E-state index contributed by atoms with van der Waals surface area (Å²) >= 11 is 0. The molecule has 4 heteroatoms. The van der Waals surface area contributed by atoms with Crippen LogP contribution >= 0.6 is 0 Å². The Morgan fingerprint density at radius 3 is 2.61 bits per heavy atom. The summed E-state index contributed by atoms with van der Waals surface area (Å²) in [6.07, 6.45) is 6.23. The Bertz CT molecular complexity index is 548. The van der Waals surface area contributed by atoms with Crippen LogP contribution in [-0.2, 0) is 0 Å². The third-order valence-corrected chi connectivity index (χ3v) is 4.62. The SMILES string of the molecule is C=CCOc1ccc(C(=O)N(C)C2CCC(C)CC2)cc1OC. The summed E-state index contributed by atoms with van der Waals surface area (Å²) in [6, 6.07) is 5.67. The summed E-state index contributed by atoms with van der Waals surface area (Å²) in [7, 11) is 3.48. The number of hydrogen-bond donors (Lipinski definition) is 0. The van der Waals surface area contributed by atoms with E-state index in [0.717, 1.165) is 18.8 Å². The Labute approximate surface area is 139 Å². The maximum atomic E-state index is 12.7. The van der Waals surface area contributed by atoms with Gasteiger partial charge in [0.2, 0.25) is 0 Å². The molecule has 126 valence electrons. The number of rotatable bonds is 6. The Kier molecular flexibility index (Phi) is 6.08. The lowest BCUT2D eigenvalue weighted by molar-refractivity contribution is 0.0679. The van der Waals surface area contributed by atoms with Crippen molar-refractivity contribution >= 4 is 5.91 Å². The Balaban J connectivity index is 2.10.